The second-order valence-corrected chi connectivity index (χ2v) is 4.20. The molecule has 3 heteroatoms. The van der Waals surface area contributed by atoms with Gasteiger partial charge in [0.2, 0.25) is 5.95 Å². The van der Waals surface area contributed by atoms with Crippen LogP contribution >= 0.6 is 0 Å². The third-order valence-corrected chi connectivity index (χ3v) is 2.44. The van der Waals surface area contributed by atoms with Crippen LogP contribution < -0.4 is 5.32 Å². The minimum absolute atomic E-state index is 0.410. The van der Waals surface area contributed by atoms with Gasteiger partial charge in [-0.15, -0.1) is 0 Å². The summed E-state index contributed by atoms with van der Waals surface area (Å²) < 4.78 is 2.14. The fourth-order valence-electron chi connectivity index (χ4n) is 1.65. The van der Waals surface area contributed by atoms with Crippen molar-refractivity contribution in [3.63, 3.8) is 0 Å². The molecule has 1 aromatic carbocycles. The average Bonchev–Trinajstić information content (AvgIpc) is 2.61. The molecule has 1 aromatic heterocycles. The number of imidazole rings is 1. The van der Waals surface area contributed by atoms with E-state index in [1.165, 1.54) is 0 Å². The van der Waals surface area contributed by atoms with Crippen LogP contribution in [-0.2, 0) is 0 Å². The van der Waals surface area contributed by atoms with Gasteiger partial charge in [-0.3, -0.25) is 0 Å². The Morgan fingerprint density at radius 1 is 1.19 bits per heavy atom. The van der Waals surface area contributed by atoms with Crippen molar-refractivity contribution in [2.24, 2.45) is 0 Å². The van der Waals surface area contributed by atoms with E-state index in [9.17, 15) is 0 Å². The molecule has 0 aliphatic heterocycles. The quantitative estimate of drug-likeness (QED) is 0.849. The molecule has 0 radical (unpaired) electrons. The van der Waals surface area contributed by atoms with Crippen molar-refractivity contribution in [2.75, 3.05) is 5.32 Å². The fourth-order valence-corrected chi connectivity index (χ4v) is 1.65. The van der Waals surface area contributed by atoms with E-state index in [1.807, 2.05) is 37.3 Å². The Morgan fingerprint density at radius 2 is 1.88 bits per heavy atom. The number of rotatable bonds is 3. The van der Waals surface area contributed by atoms with Gasteiger partial charge >= 0.3 is 0 Å². The summed E-state index contributed by atoms with van der Waals surface area (Å²) >= 11 is 0. The minimum atomic E-state index is 0.410. The van der Waals surface area contributed by atoms with Gasteiger partial charge in [-0.1, -0.05) is 18.2 Å². The van der Waals surface area contributed by atoms with Crippen molar-refractivity contribution in [3.05, 3.63) is 42.2 Å². The lowest BCUT2D eigenvalue weighted by Crippen LogP contribution is -2.04. The molecular formula is C13H17N3. The van der Waals surface area contributed by atoms with Crippen LogP contribution in [0.4, 0.5) is 11.6 Å². The highest BCUT2D eigenvalue weighted by Crippen LogP contribution is 2.19. The number of anilines is 2. The molecule has 1 heterocycles. The monoisotopic (exact) mass is 215 g/mol. The molecule has 0 amide bonds. The van der Waals surface area contributed by atoms with Crippen LogP contribution in [0.15, 0.2) is 36.5 Å². The lowest BCUT2D eigenvalue weighted by atomic mass is 10.3. The van der Waals surface area contributed by atoms with Gasteiger partial charge in [0.25, 0.3) is 0 Å². The number of hydrogen-bond donors (Lipinski definition) is 1. The Balaban J connectivity index is 2.28. The summed E-state index contributed by atoms with van der Waals surface area (Å²) in [5.41, 5.74) is 2.10. The molecule has 0 saturated heterocycles. The predicted molar refractivity (Wildman–Crippen MR) is 67.1 cm³/mol. The lowest BCUT2D eigenvalue weighted by molar-refractivity contribution is 0.607. The average molecular weight is 215 g/mol. The molecule has 84 valence electrons. The fraction of sp³-hybridized carbons (Fsp3) is 0.308. The van der Waals surface area contributed by atoms with Crippen molar-refractivity contribution >= 4 is 11.6 Å². The molecule has 0 spiro atoms. The molecular weight excluding hydrogens is 198 g/mol. The summed E-state index contributed by atoms with van der Waals surface area (Å²) in [4.78, 5) is 4.48. The third kappa shape index (κ3) is 2.24. The number of nitrogens with one attached hydrogen (secondary N) is 1. The molecule has 0 atom stereocenters. The second-order valence-electron chi connectivity index (χ2n) is 4.20. The summed E-state index contributed by atoms with van der Waals surface area (Å²) in [6.07, 6.45) is 2.07. The highest BCUT2D eigenvalue weighted by molar-refractivity contribution is 5.53. The van der Waals surface area contributed by atoms with Crippen LogP contribution in [-0.4, -0.2) is 9.55 Å². The number of nitrogens with zero attached hydrogens (tertiary/aromatic N) is 2. The van der Waals surface area contributed by atoms with E-state index in [2.05, 4.69) is 34.9 Å². The van der Waals surface area contributed by atoms with Gasteiger partial charge in [0.15, 0.2) is 0 Å². The van der Waals surface area contributed by atoms with Crippen molar-refractivity contribution < 1.29 is 0 Å². The molecule has 0 bridgehead atoms. The van der Waals surface area contributed by atoms with E-state index in [1.54, 1.807) is 0 Å². The van der Waals surface area contributed by atoms with Crippen LogP contribution in [0.5, 0.6) is 0 Å². The molecule has 0 fully saturated rings. The van der Waals surface area contributed by atoms with E-state index in [0.29, 0.717) is 6.04 Å². The highest BCUT2D eigenvalue weighted by atomic mass is 15.2. The van der Waals surface area contributed by atoms with E-state index in [0.717, 1.165) is 17.3 Å². The zero-order chi connectivity index (χ0) is 11.5. The van der Waals surface area contributed by atoms with E-state index in [-0.39, 0.29) is 0 Å². The van der Waals surface area contributed by atoms with Gasteiger partial charge in [0, 0.05) is 17.9 Å². The molecule has 3 nitrogen and oxygen atoms in total. The van der Waals surface area contributed by atoms with Crippen LogP contribution in [0.25, 0.3) is 0 Å². The zero-order valence-electron chi connectivity index (χ0n) is 9.94. The Kier molecular flexibility index (Phi) is 2.95. The molecule has 2 rings (SSSR count). The van der Waals surface area contributed by atoms with Gasteiger partial charge in [-0.25, -0.2) is 4.98 Å². The smallest absolute Gasteiger partial charge is 0.207 e. The second kappa shape index (κ2) is 4.39. The molecule has 0 aliphatic carbocycles. The Morgan fingerprint density at radius 3 is 2.50 bits per heavy atom. The van der Waals surface area contributed by atoms with Crippen molar-refractivity contribution in [2.45, 2.75) is 26.8 Å². The first-order valence-corrected chi connectivity index (χ1v) is 5.54. The van der Waals surface area contributed by atoms with Gasteiger partial charge < -0.3 is 9.88 Å². The van der Waals surface area contributed by atoms with E-state index < -0.39 is 0 Å². The Hall–Kier alpha value is -1.77. The summed E-state index contributed by atoms with van der Waals surface area (Å²) in [6, 6.07) is 10.5. The van der Waals surface area contributed by atoms with Crippen LogP contribution in [0, 0.1) is 6.92 Å². The maximum atomic E-state index is 4.48. The Labute approximate surface area is 96.1 Å². The molecule has 16 heavy (non-hydrogen) atoms. The SMILES string of the molecule is Cc1cn(C(C)C)c(Nc2ccccc2)n1. The first kappa shape index (κ1) is 10.7. The first-order chi connectivity index (χ1) is 7.66. The maximum absolute atomic E-state index is 4.48. The highest BCUT2D eigenvalue weighted by Gasteiger charge is 2.07. The molecule has 0 unspecified atom stereocenters. The van der Waals surface area contributed by atoms with Crippen LogP contribution in [0.1, 0.15) is 25.6 Å². The van der Waals surface area contributed by atoms with Crippen molar-refractivity contribution in [1.29, 1.82) is 0 Å². The van der Waals surface area contributed by atoms with Crippen LogP contribution in [0.2, 0.25) is 0 Å². The van der Waals surface area contributed by atoms with E-state index >= 15 is 0 Å². The van der Waals surface area contributed by atoms with Crippen molar-refractivity contribution in [3.8, 4) is 0 Å². The standard InChI is InChI=1S/C13H17N3/c1-10(2)16-9-11(3)14-13(16)15-12-7-5-4-6-8-12/h4-10H,1-3H3,(H,14,15). The largest absolute Gasteiger partial charge is 0.326 e. The summed E-state index contributed by atoms with van der Waals surface area (Å²) in [5, 5.41) is 3.33. The zero-order valence-corrected chi connectivity index (χ0v) is 9.94. The number of aromatic nitrogens is 2. The third-order valence-electron chi connectivity index (χ3n) is 2.44. The number of para-hydroxylation sites is 1. The topological polar surface area (TPSA) is 29.9 Å². The number of hydrogen-bond acceptors (Lipinski definition) is 2. The first-order valence-electron chi connectivity index (χ1n) is 5.54. The lowest BCUT2D eigenvalue weighted by Gasteiger charge is -2.12. The number of aryl methyl sites for hydroxylation is 1. The summed E-state index contributed by atoms with van der Waals surface area (Å²) in [5.74, 6) is 0.902. The van der Waals surface area contributed by atoms with Gasteiger partial charge in [0.05, 0.1) is 5.69 Å². The molecule has 2 aromatic rings. The van der Waals surface area contributed by atoms with E-state index in [4.69, 9.17) is 0 Å². The van der Waals surface area contributed by atoms with Gasteiger partial charge in [-0.2, -0.15) is 0 Å². The Bertz CT molecular complexity index is 457. The maximum Gasteiger partial charge on any atom is 0.207 e. The minimum Gasteiger partial charge on any atom is -0.326 e. The normalized spacial score (nSPS) is 10.8. The summed E-state index contributed by atoms with van der Waals surface area (Å²) in [6.45, 7) is 6.31. The van der Waals surface area contributed by atoms with Gasteiger partial charge in [-0.05, 0) is 32.9 Å². The molecule has 0 aliphatic rings. The van der Waals surface area contributed by atoms with Crippen LogP contribution in [0.3, 0.4) is 0 Å². The molecule has 1 N–H and O–H groups in total. The molecule has 0 saturated carbocycles. The summed E-state index contributed by atoms with van der Waals surface area (Å²) in [7, 11) is 0. The van der Waals surface area contributed by atoms with Gasteiger partial charge in [0.1, 0.15) is 0 Å². The number of benzene rings is 1. The van der Waals surface area contributed by atoms with Crippen molar-refractivity contribution in [1.82, 2.24) is 9.55 Å². The predicted octanol–water partition coefficient (Wildman–Crippen LogP) is 3.52.